The summed E-state index contributed by atoms with van der Waals surface area (Å²) in [5, 5.41) is 0. The number of amides is 2. The Bertz CT molecular complexity index is 1020. The first kappa shape index (κ1) is 21.0. The van der Waals surface area contributed by atoms with Crippen LogP contribution in [0, 0.1) is 17.2 Å². The molecule has 0 atom stereocenters. The zero-order valence-electron chi connectivity index (χ0n) is 16.7. The molecule has 1 N–H and O–H groups in total. The molecule has 1 aliphatic carbocycles. The Balaban J connectivity index is 1.11. The molecular formula is C20H23F4N3O3S. The third-order valence-corrected chi connectivity index (χ3v) is 8.62. The molecule has 1 aromatic carbocycles. The number of carbonyl (C=O) groups excluding carboxylic acids is 1. The van der Waals surface area contributed by atoms with Crippen LogP contribution in [0.3, 0.4) is 0 Å². The van der Waals surface area contributed by atoms with Crippen LogP contribution in [-0.4, -0.2) is 61.7 Å². The summed E-state index contributed by atoms with van der Waals surface area (Å²) in [6.07, 6.45) is -2.33. The maximum Gasteiger partial charge on any atom is 0.416 e. The van der Waals surface area contributed by atoms with Crippen LogP contribution in [0.4, 0.5) is 22.4 Å². The van der Waals surface area contributed by atoms with Gasteiger partial charge >= 0.3 is 12.2 Å². The molecule has 3 aliphatic heterocycles. The molecule has 0 aromatic heterocycles. The number of sulfonamides is 1. The molecule has 1 aromatic rings. The second-order valence-electron chi connectivity index (χ2n) is 9.72. The van der Waals surface area contributed by atoms with Gasteiger partial charge in [-0.25, -0.2) is 22.3 Å². The van der Waals surface area contributed by atoms with Crippen LogP contribution in [0.2, 0.25) is 0 Å². The number of halogens is 4. The molecule has 1 saturated carbocycles. The van der Waals surface area contributed by atoms with Crippen LogP contribution in [-0.2, 0) is 22.6 Å². The van der Waals surface area contributed by atoms with Gasteiger partial charge in [-0.15, -0.1) is 0 Å². The topological polar surface area (TPSA) is 69.7 Å². The number of hydrogen-bond acceptors (Lipinski definition) is 3. The molecule has 4 fully saturated rings. The van der Waals surface area contributed by atoms with E-state index in [1.165, 1.54) is 6.07 Å². The Labute approximate surface area is 177 Å². The molecule has 2 spiro atoms. The minimum absolute atomic E-state index is 0.0315. The summed E-state index contributed by atoms with van der Waals surface area (Å²) in [6.45, 7) is 1.91. The summed E-state index contributed by atoms with van der Waals surface area (Å²) in [7, 11) is -3.23. The molecular weight excluding hydrogens is 438 g/mol. The zero-order valence-corrected chi connectivity index (χ0v) is 17.5. The molecule has 3 saturated heterocycles. The van der Waals surface area contributed by atoms with Crippen molar-refractivity contribution in [3.8, 4) is 0 Å². The fraction of sp³-hybridized carbons (Fsp3) is 0.650. The van der Waals surface area contributed by atoms with Crippen molar-refractivity contribution in [2.75, 3.05) is 31.9 Å². The van der Waals surface area contributed by atoms with Gasteiger partial charge < -0.3 is 9.80 Å². The van der Waals surface area contributed by atoms with Crippen molar-refractivity contribution >= 4 is 16.1 Å². The van der Waals surface area contributed by atoms with E-state index >= 15 is 0 Å². The number of urea groups is 1. The highest BCUT2D eigenvalue weighted by atomic mass is 32.2. The van der Waals surface area contributed by atoms with E-state index < -0.39 is 33.1 Å². The van der Waals surface area contributed by atoms with Crippen LogP contribution in [0.15, 0.2) is 18.2 Å². The second kappa shape index (κ2) is 6.57. The lowest BCUT2D eigenvalue weighted by atomic mass is 9.56. The Hall–Kier alpha value is -1.88. The van der Waals surface area contributed by atoms with Crippen LogP contribution in [0.25, 0.3) is 0 Å². The lowest BCUT2D eigenvalue weighted by Crippen LogP contribution is -2.73. The van der Waals surface area contributed by atoms with E-state index in [1.807, 2.05) is 0 Å². The number of nitrogens with zero attached hydrogens (tertiary/aromatic N) is 2. The summed E-state index contributed by atoms with van der Waals surface area (Å²) in [5.74, 6) is -0.718. The van der Waals surface area contributed by atoms with Gasteiger partial charge in [-0.05, 0) is 49.3 Å². The predicted octanol–water partition coefficient (Wildman–Crippen LogP) is 2.60. The van der Waals surface area contributed by atoms with Gasteiger partial charge in [0.15, 0.2) is 0 Å². The van der Waals surface area contributed by atoms with Crippen molar-refractivity contribution in [2.45, 2.75) is 37.4 Å². The summed E-state index contributed by atoms with van der Waals surface area (Å²) in [5.41, 5.74) is -1.33. The Morgan fingerprint density at radius 3 is 2.35 bits per heavy atom. The first-order valence-electron chi connectivity index (χ1n) is 10.3. The van der Waals surface area contributed by atoms with Crippen molar-refractivity contribution in [3.63, 3.8) is 0 Å². The minimum Gasteiger partial charge on any atom is -0.323 e. The van der Waals surface area contributed by atoms with Crippen molar-refractivity contribution < 1.29 is 30.8 Å². The molecule has 6 nitrogen and oxygen atoms in total. The smallest absolute Gasteiger partial charge is 0.323 e. The van der Waals surface area contributed by atoms with E-state index in [9.17, 15) is 30.8 Å². The minimum atomic E-state index is -4.58. The molecule has 31 heavy (non-hydrogen) atoms. The molecule has 170 valence electrons. The van der Waals surface area contributed by atoms with Gasteiger partial charge in [0.1, 0.15) is 5.82 Å². The summed E-state index contributed by atoms with van der Waals surface area (Å²) >= 11 is 0. The number of benzene rings is 1. The summed E-state index contributed by atoms with van der Waals surface area (Å²) in [6, 6.07) is 2.73. The zero-order chi connectivity index (χ0) is 22.2. The van der Waals surface area contributed by atoms with Crippen molar-refractivity contribution in [2.24, 2.45) is 11.3 Å². The largest absolute Gasteiger partial charge is 0.416 e. The molecule has 0 bridgehead atoms. The number of alkyl halides is 3. The lowest BCUT2D eigenvalue weighted by molar-refractivity contribution is -0.138. The van der Waals surface area contributed by atoms with Crippen LogP contribution >= 0.6 is 0 Å². The molecule has 5 rings (SSSR count). The van der Waals surface area contributed by atoms with Gasteiger partial charge in [-0.2, -0.15) is 13.2 Å². The number of rotatable bonds is 2. The Kier molecular flexibility index (Phi) is 4.45. The summed E-state index contributed by atoms with van der Waals surface area (Å²) in [4.78, 5) is 16.0. The molecule has 2 amide bonds. The van der Waals surface area contributed by atoms with Crippen molar-refractivity contribution in [1.29, 1.82) is 0 Å². The Morgan fingerprint density at radius 2 is 1.77 bits per heavy atom. The fourth-order valence-corrected chi connectivity index (χ4v) is 7.42. The van der Waals surface area contributed by atoms with Crippen LogP contribution in [0.1, 0.15) is 30.4 Å². The van der Waals surface area contributed by atoms with E-state index in [1.54, 1.807) is 9.80 Å². The monoisotopic (exact) mass is 461 g/mol. The number of nitrogens with one attached hydrogen (secondary N) is 1. The average Bonchev–Trinajstić information content (AvgIpc) is 2.90. The van der Waals surface area contributed by atoms with Gasteiger partial charge in [0.25, 0.3) is 0 Å². The van der Waals surface area contributed by atoms with Crippen molar-refractivity contribution in [3.05, 3.63) is 35.1 Å². The van der Waals surface area contributed by atoms with Gasteiger partial charge in [0, 0.05) is 31.6 Å². The van der Waals surface area contributed by atoms with Gasteiger partial charge in [0.2, 0.25) is 10.0 Å². The Morgan fingerprint density at radius 1 is 1.13 bits per heavy atom. The number of hydrogen-bond donors (Lipinski definition) is 1. The van der Waals surface area contributed by atoms with Gasteiger partial charge in [-0.1, -0.05) is 6.07 Å². The second-order valence-corrected chi connectivity index (χ2v) is 11.6. The SMILES string of the molecule is O=C(N1CC2(CC(Cc3ccc(F)cc3C(F)(F)F)C2)C1)N1CC2(CCS(=O)(=O)N2)C1. The normalized spacial score (nSPS) is 25.9. The maximum absolute atomic E-state index is 13.3. The first-order chi connectivity index (χ1) is 14.4. The standard InChI is InChI=1S/C20H23F4N3O3S/c21-15-2-1-14(16(6-15)20(22,23)24)5-13-7-18(8-13)9-26(10-18)17(28)27-11-19(12-27)3-4-31(29,30)25-19/h1-2,6,13,25H,3-5,7-12H2. The van der Waals surface area contributed by atoms with E-state index in [-0.39, 0.29) is 35.1 Å². The van der Waals surface area contributed by atoms with E-state index in [0.29, 0.717) is 38.7 Å². The van der Waals surface area contributed by atoms with E-state index in [4.69, 9.17) is 0 Å². The lowest BCUT2D eigenvalue weighted by Gasteiger charge is -2.61. The number of likely N-dealkylation sites (tertiary alicyclic amines) is 2. The third-order valence-electron chi connectivity index (χ3n) is 7.13. The quantitative estimate of drug-likeness (QED) is 0.689. The van der Waals surface area contributed by atoms with E-state index in [2.05, 4.69) is 4.72 Å². The predicted molar refractivity (Wildman–Crippen MR) is 103 cm³/mol. The van der Waals surface area contributed by atoms with Gasteiger partial charge in [-0.3, -0.25) is 0 Å². The van der Waals surface area contributed by atoms with E-state index in [0.717, 1.165) is 18.9 Å². The summed E-state index contributed by atoms with van der Waals surface area (Å²) < 4.78 is 78.7. The molecule has 0 radical (unpaired) electrons. The van der Waals surface area contributed by atoms with Crippen LogP contribution < -0.4 is 4.72 Å². The third kappa shape index (κ3) is 3.69. The molecule has 4 aliphatic rings. The maximum atomic E-state index is 13.3. The molecule has 3 heterocycles. The highest BCUT2D eigenvalue weighted by molar-refractivity contribution is 7.89. The van der Waals surface area contributed by atoms with Crippen molar-refractivity contribution in [1.82, 2.24) is 14.5 Å². The molecule has 11 heteroatoms. The fourth-order valence-electron chi connectivity index (χ4n) is 5.77. The first-order valence-corrected chi connectivity index (χ1v) is 11.9. The van der Waals surface area contributed by atoms with Crippen LogP contribution in [0.5, 0.6) is 0 Å². The highest BCUT2D eigenvalue weighted by Gasteiger charge is 2.57. The highest BCUT2D eigenvalue weighted by Crippen LogP contribution is 2.53. The molecule has 0 unspecified atom stereocenters. The number of carbonyl (C=O) groups is 1. The average molecular weight is 461 g/mol. The van der Waals surface area contributed by atoms with Gasteiger partial charge in [0.05, 0.1) is 16.9 Å².